The molecular formula is C18H28N2O3. The number of benzene rings is 1. The number of para-hydroxylation sites is 1. The lowest BCUT2D eigenvalue weighted by Crippen LogP contribution is -2.34. The van der Waals surface area contributed by atoms with E-state index in [1.54, 1.807) is 16.9 Å². The van der Waals surface area contributed by atoms with E-state index in [0.29, 0.717) is 19.5 Å². The molecule has 5 nitrogen and oxygen atoms in total. The van der Waals surface area contributed by atoms with Gasteiger partial charge in [-0.1, -0.05) is 31.5 Å². The normalized spacial score (nSPS) is 10.3. The molecule has 0 radical (unpaired) electrons. The molecule has 0 aliphatic heterocycles. The Bertz CT molecular complexity index is 517. The van der Waals surface area contributed by atoms with Crippen molar-refractivity contribution in [3.8, 4) is 5.75 Å². The number of ether oxygens (including phenoxy) is 1. The number of unbranched alkanes of at least 4 members (excludes halogenated alkanes) is 1. The van der Waals surface area contributed by atoms with Crippen LogP contribution in [0, 0.1) is 0 Å². The summed E-state index contributed by atoms with van der Waals surface area (Å²) >= 11 is 0. The first-order chi connectivity index (χ1) is 11.0. The summed E-state index contributed by atoms with van der Waals surface area (Å²) < 4.78 is 5.32. The van der Waals surface area contributed by atoms with Crippen LogP contribution in [0.2, 0.25) is 0 Å². The highest BCUT2D eigenvalue weighted by atomic mass is 16.5. The molecule has 0 unspecified atom stereocenters. The Balaban J connectivity index is 2.62. The maximum absolute atomic E-state index is 12.1. The van der Waals surface area contributed by atoms with Gasteiger partial charge in [0, 0.05) is 45.6 Å². The monoisotopic (exact) mass is 320 g/mol. The van der Waals surface area contributed by atoms with Gasteiger partial charge in [0.05, 0.1) is 7.11 Å². The first-order valence-electron chi connectivity index (χ1n) is 8.11. The zero-order chi connectivity index (χ0) is 17.2. The van der Waals surface area contributed by atoms with E-state index in [1.165, 1.54) is 6.92 Å². The molecule has 1 aromatic rings. The van der Waals surface area contributed by atoms with Crippen LogP contribution in [0.15, 0.2) is 24.3 Å². The van der Waals surface area contributed by atoms with Crippen LogP contribution in [0.5, 0.6) is 5.75 Å². The molecule has 0 N–H and O–H groups in total. The van der Waals surface area contributed by atoms with Crippen LogP contribution in [0.25, 0.3) is 0 Å². The number of rotatable bonds is 9. The fourth-order valence-electron chi connectivity index (χ4n) is 2.33. The van der Waals surface area contributed by atoms with Crippen LogP contribution in [-0.2, 0) is 16.1 Å². The predicted octanol–water partition coefficient (Wildman–Crippen LogP) is 2.69. The predicted molar refractivity (Wildman–Crippen MR) is 91.2 cm³/mol. The maximum atomic E-state index is 12.1. The number of nitrogens with zero attached hydrogens (tertiary/aromatic N) is 2. The van der Waals surface area contributed by atoms with E-state index in [4.69, 9.17) is 4.74 Å². The van der Waals surface area contributed by atoms with Crippen molar-refractivity contribution in [3.05, 3.63) is 29.8 Å². The molecule has 0 aliphatic carbocycles. The number of amides is 2. The summed E-state index contributed by atoms with van der Waals surface area (Å²) in [4.78, 5) is 27.4. The Hall–Kier alpha value is -2.04. The lowest BCUT2D eigenvalue weighted by Gasteiger charge is -2.24. The molecule has 128 valence electrons. The molecule has 0 spiro atoms. The number of hydrogen-bond donors (Lipinski definition) is 0. The molecule has 0 saturated carbocycles. The Labute approximate surface area is 139 Å². The number of carbonyl (C=O) groups is 2. The van der Waals surface area contributed by atoms with Gasteiger partial charge in [0.2, 0.25) is 11.8 Å². The zero-order valence-corrected chi connectivity index (χ0v) is 14.7. The summed E-state index contributed by atoms with van der Waals surface area (Å²) in [5, 5.41) is 0. The van der Waals surface area contributed by atoms with Gasteiger partial charge in [0.1, 0.15) is 5.75 Å². The molecule has 1 rings (SSSR count). The van der Waals surface area contributed by atoms with Crippen molar-refractivity contribution in [3.63, 3.8) is 0 Å². The molecule has 0 aromatic heterocycles. The highest BCUT2D eigenvalue weighted by molar-refractivity contribution is 5.78. The molecular weight excluding hydrogens is 292 g/mol. The van der Waals surface area contributed by atoms with E-state index in [9.17, 15) is 9.59 Å². The summed E-state index contributed by atoms with van der Waals surface area (Å²) in [5.41, 5.74) is 0.942. The van der Waals surface area contributed by atoms with E-state index in [1.807, 2.05) is 31.3 Å². The van der Waals surface area contributed by atoms with Crippen molar-refractivity contribution in [2.45, 2.75) is 39.7 Å². The Kier molecular flexibility index (Phi) is 8.16. The van der Waals surface area contributed by atoms with Crippen molar-refractivity contribution in [2.24, 2.45) is 0 Å². The third-order valence-electron chi connectivity index (χ3n) is 3.87. The van der Waals surface area contributed by atoms with Gasteiger partial charge in [-0.15, -0.1) is 0 Å². The summed E-state index contributed by atoms with van der Waals surface area (Å²) in [7, 11) is 3.43. The highest BCUT2D eigenvalue weighted by Gasteiger charge is 2.15. The number of hydrogen-bond acceptors (Lipinski definition) is 3. The second kappa shape index (κ2) is 9.87. The summed E-state index contributed by atoms with van der Waals surface area (Å²) in [6.07, 6.45) is 2.40. The first kappa shape index (κ1) is 19.0. The van der Waals surface area contributed by atoms with Crippen molar-refractivity contribution in [1.82, 2.24) is 9.80 Å². The van der Waals surface area contributed by atoms with E-state index in [0.717, 1.165) is 30.7 Å². The van der Waals surface area contributed by atoms with E-state index in [-0.39, 0.29) is 11.8 Å². The zero-order valence-electron chi connectivity index (χ0n) is 14.7. The topological polar surface area (TPSA) is 49.9 Å². The lowest BCUT2D eigenvalue weighted by atomic mass is 10.2. The molecule has 0 aliphatic rings. The molecule has 0 atom stereocenters. The van der Waals surface area contributed by atoms with Crippen LogP contribution < -0.4 is 4.74 Å². The van der Waals surface area contributed by atoms with Crippen LogP contribution in [0.3, 0.4) is 0 Å². The third-order valence-corrected chi connectivity index (χ3v) is 3.87. The van der Waals surface area contributed by atoms with Gasteiger partial charge in [0.15, 0.2) is 0 Å². The van der Waals surface area contributed by atoms with E-state index >= 15 is 0 Å². The van der Waals surface area contributed by atoms with Gasteiger partial charge < -0.3 is 14.5 Å². The minimum atomic E-state index is -0.0417. The van der Waals surface area contributed by atoms with Gasteiger partial charge in [-0.25, -0.2) is 0 Å². The summed E-state index contributed by atoms with van der Waals surface area (Å²) in [6, 6.07) is 7.62. The van der Waals surface area contributed by atoms with Crippen LogP contribution in [0.4, 0.5) is 0 Å². The van der Waals surface area contributed by atoms with Crippen LogP contribution >= 0.6 is 0 Å². The largest absolute Gasteiger partial charge is 0.496 e. The fourth-order valence-corrected chi connectivity index (χ4v) is 2.33. The van der Waals surface area contributed by atoms with E-state index in [2.05, 4.69) is 6.92 Å². The van der Waals surface area contributed by atoms with Gasteiger partial charge >= 0.3 is 0 Å². The van der Waals surface area contributed by atoms with Gasteiger partial charge in [-0.05, 0) is 12.5 Å². The van der Waals surface area contributed by atoms with Gasteiger partial charge in [-0.2, -0.15) is 0 Å². The lowest BCUT2D eigenvalue weighted by molar-refractivity contribution is -0.133. The molecule has 23 heavy (non-hydrogen) atoms. The minimum Gasteiger partial charge on any atom is -0.496 e. The average Bonchev–Trinajstić information content (AvgIpc) is 2.55. The molecule has 2 amide bonds. The van der Waals surface area contributed by atoms with Gasteiger partial charge in [0.25, 0.3) is 0 Å². The third kappa shape index (κ3) is 6.30. The highest BCUT2D eigenvalue weighted by Crippen LogP contribution is 2.19. The summed E-state index contributed by atoms with van der Waals surface area (Å²) in [5.74, 6) is 0.787. The molecule has 0 saturated heterocycles. The molecule has 5 heteroatoms. The number of methoxy groups -OCH3 is 1. The Morgan fingerprint density at radius 3 is 2.48 bits per heavy atom. The summed E-state index contributed by atoms with van der Waals surface area (Å²) in [6.45, 7) is 5.26. The standard InChI is InChI=1S/C18H28N2O3/c1-5-6-12-19(3)18(22)11-13-20(15(2)21)14-16-9-7-8-10-17(16)23-4/h7-10H,5-6,11-14H2,1-4H3. The van der Waals surface area contributed by atoms with Crippen molar-refractivity contribution < 1.29 is 14.3 Å². The van der Waals surface area contributed by atoms with Crippen molar-refractivity contribution in [1.29, 1.82) is 0 Å². The Morgan fingerprint density at radius 2 is 1.87 bits per heavy atom. The quantitative estimate of drug-likeness (QED) is 0.703. The van der Waals surface area contributed by atoms with Crippen LogP contribution in [0.1, 0.15) is 38.7 Å². The average molecular weight is 320 g/mol. The molecule has 1 aromatic carbocycles. The van der Waals surface area contributed by atoms with Crippen molar-refractivity contribution in [2.75, 3.05) is 27.2 Å². The minimum absolute atomic E-state index is 0.0417. The Morgan fingerprint density at radius 1 is 1.17 bits per heavy atom. The SMILES string of the molecule is CCCCN(C)C(=O)CCN(Cc1ccccc1OC)C(C)=O. The fraction of sp³-hybridized carbons (Fsp3) is 0.556. The van der Waals surface area contributed by atoms with Gasteiger partial charge in [-0.3, -0.25) is 9.59 Å². The smallest absolute Gasteiger partial charge is 0.224 e. The maximum Gasteiger partial charge on any atom is 0.224 e. The second-order valence-corrected chi connectivity index (χ2v) is 5.67. The van der Waals surface area contributed by atoms with Crippen LogP contribution in [-0.4, -0.2) is 48.9 Å². The van der Waals surface area contributed by atoms with Crippen molar-refractivity contribution >= 4 is 11.8 Å². The van der Waals surface area contributed by atoms with E-state index < -0.39 is 0 Å². The molecule has 0 bridgehead atoms. The molecule has 0 heterocycles. The first-order valence-corrected chi connectivity index (χ1v) is 8.11. The molecule has 0 fully saturated rings. The second-order valence-electron chi connectivity index (χ2n) is 5.67. The number of carbonyl (C=O) groups excluding carboxylic acids is 2.